The van der Waals surface area contributed by atoms with Crippen LogP contribution in [-0.4, -0.2) is 19.6 Å². The minimum absolute atomic E-state index is 0.139. The van der Waals surface area contributed by atoms with Crippen molar-refractivity contribution in [2.75, 3.05) is 12.4 Å². The zero-order chi connectivity index (χ0) is 16.1. The molecule has 0 fully saturated rings. The highest BCUT2D eigenvalue weighted by Crippen LogP contribution is 2.31. The summed E-state index contributed by atoms with van der Waals surface area (Å²) in [4.78, 5) is 12.2. The van der Waals surface area contributed by atoms with Gasteiger partial charge in [-0.05, 0) is 30.7 Å². The van der Waals surface area contributed by atoms with E-state index in [-0.39, 0.29) is 17.4 Å². The minimum Gasteiger partial charge on any atom is -0.493 e. The standard InChI is InChI=1S/C16H15F2NO3/c1-10-5-3-4-6-12(10)15(20)19-11-7-8-13(21-2)14(9-11)22-16(17)18/h3-9,16H,1-2H3,(H,19,20). The number of hydrogen-bond donors (Lipinski definition) is 1. The largest absolute Gasteiger partial charge is 0.493 e. The van der Waals surface area contributed by atoms with Crippen LogP contribution >= 0.6 is 0 Å². The summed E-state index contributed by atoms with van der Waals surface area (Å²) in [7, 11) is 1.35. The number of alkyl halides is 2. The van der Waals surface area contributed by atoms with Gasteiger partial charge in [0.05, 0.1) is 7.11 Å². The number of anilines is 1. The maximum atomic E-state index is 12.4. The van der Waals surface area contributed by atoms with Crippen molar-refractivity contribution in [1.29, 1.82) is 0 Å². The Kier molecular flexibility index (Phi) is 4.93. The van der Waals surface area contributed by atoms with Gasteiger partial charge in [0.2, 0.25) is 0 Å². The number of amides is 1. The Bertz CT molecular complexity index is 674. The van der Waals surface area contributed by atoms with E-state index in [1.54, 1.807) is 18.2 Å². The van der Waals surface area contributed by atoms with Gasteiger partial charge in [-0.25, -0.2) is 0 Å². The molecule has 0 saturated carbocycles. The van der Waals surface area contributed by atoms with Crippen molar-refractivity contribution < 1.29 is 23.0 Å². The Morgan fingerprint density at radius 1 is 1.14 bits per heavy atom. The lowest BCUT2D eigenvalue weighted by Crippen LogP contribution is -2.13. The van der Waals surface area contributed by atoms with E-state index in [1.807, 2.05) is 19.1 Å². The van der Waals surface area contributed by atoms with E-state index >= 15 is 0 Å². The second-order valence-corrected chi connectivity index (χ2v) is 4.51. The molecule has 6 heteroatoms. The molecule has 0 bridgehead atoms. The molecule has 116 valence electrons. The fourth-order valence-corrected chi connectivity index (χ4v) is 1.97. The van der Waals surface area contributed by atoms with E-state index in [9.17, 15) is 13.6 Å². The first kappa shape index (κ1) is 15.8. The molecule has 2 rings (SSSR count). The fraction of sp³-hybridized carbons (Fsp3) is 0.188. The average molecular weight is 307 g/mol. The second-order valence-electron chi connectivity index (χ2n) is 4.51. The van der Waals surface area contributed by atoms with Crippen LogP contribution in [0.3, 0.4) is 0 Å². The Balaban J connectivity index is 2.23. The van der Waals surface area contributed by atoms with Gasteiger partial charge in [0.1, 0.15) is 0 Å². The van der Waals surface area contributed by atoms with Gasteiger partial charge in [-0.2, -0.15) is 8.78 Å². The number of ether oxygens (including phenoxy) is 2. The first-order valence-corrected chi connectivity index (χ1v) is 6.51. The second kappa shape index (κ2) is 6.89. The zero-order valence-corrected chi connectivity index (χ0v) is 12.1. The molecule has 0 radical (unpaired) electrons. The molecule has 0 aliphatic heterocycles. The normalized spacial score (nSPS) is 10.4. The van der Waals surface area contributed by atoms with Gasteiger partial charge < -0.3 is 14.8 Å². The number of benzene rings is 2. The van der Waals surface area contributed by atoms with Crippen molar-refractivity contribution in [1.82, 2.24) is 0 Å². The lowest BCUT2D eigenvalue weighted by Gasteiger charge is -2.12. The fourth-order valence-electron chi connectivity index (χ4n) is 1.97. The maximum absolute atomic E-state index is 12.4. The third kappa shape index (κ3) is 3.72. The van der Waals surface area contributed by atoms with E-state index in [4.69, 9.17) is 4.74 Å². The molecule has 1 N–H and O–H groups in total. The molecule has 0 aliphatic carbocycles. The molecular weight excluding hydrogens is 292 g/mol. The molecule has 1 amide bonds. The number of carbonyl (C=O) groups excluding carboxylic acids is 1. The van der Waals surface area contributed by atoms with Gasteiger partial charge in [-0.15, -0.1) is 0 Å². The predicted octanol–water partition coefficient (Wildman–Crippen LogP) is 3.86. The van der Waals surface area contributed by atoms with Gasteiger partial charge in [0.15, 0.2) is 11.5 Å². The predicted molar refractivity (Wildman–Crippen MR) is 78.8 cm³/mol. The summed E-state index contributed by atoms with van der Waals surface area (Å²) >= 11 is 0. The lowest BCUT2D eigenvalue weighted by atomic mass is 10.1. The third-order valence-electron chi connectivity index (χ3n) is 3.03. The van der Waals surface area contributed by atoms with Crippen LogP contribution in [0.5, 0.6) is 11.5 Å². The van der Waals surface area contributed by atoms with Crippen LogP contribution in [0.25, 0.3) is 0 Å². The van der Waals surface area contributed by atoms with Crippen molar-refractivity contribution in [3.63, 3.8) is 0 Å². The molecule has 0 heterocycles. The van der Waals surface area contributed by atoms with Crippen LogP contribution in [0.4, 0.5) is 14.5 Å². The van der Waals surface area contributed by atoms with Crippen molar-refractivity contribution in [2.45, 2.75) is 13.5 Å². The molecular formula is C16H15F2NO3. The summed E-state index contributed by atoms with van der Waals surface area (Å²) < 4.78 is 34.1. The molecule has 0 unspecified atom stereocenters. The molecule has 2 aromatic carbocycles. The summed E-state index contributed by atoms with van der Waals surface area (Å²) in [5.74, 6) is -0.305. The summed E-state index contributed by atoms with van der Waals surface area (Å²) in [6.45, 7) is -1.16. The molecule has 0 saturated heterocycles. The monoisotopic (exact) mass is 307 g/mol. The van der Waals surface area contributed by atoms with E-state index in [0.29, 0.717) is 11.3 Å². The molecule has 0 spiro atoms. The first-order chi connectivity index (χ1) is 10.5. The average Bonchev–Trinajstić information content (AvgIpc) is 2.47. The molecule has 0 aliphatic rings. The Hall–Kier alpha value is -2.63. The number of methoxy groups -OCH3 is 1. The molecule has 2 aromatic rings. The quantitative estimate of drug-likeness (QED) is 0.912. The highest BCUT2D eigenvalue weighted by Gasteiger charge is 2.13. The number of halogens is 2. The van der Waals surface area contributed by atoms with Crippen molar-refractivity contribution >= 4 is 11.6 Å². The minimum atomic E-state index is -2.98. The van der Waals surface area contributed by atoms with Crippen molar-refractivity contribution in [2.24, 2.45) is 0 Å². The first-order valence-electron chi connectivity index (χ1n) is 6.51. The highest BCUT2D eigenvalue weighted by molar-refractivity contribution is 6.05. The zero-order valence-electron chi connectivity index (χ0n) is 12.1. The highest BCUT2D eigenvalue weighted by atomic mass is 19.3. The van der Waals surface area contributed by atoms with Gasteiger partial charge >= 0.3 is 6.61 Å². The van der Waals surface area contributed by atoms with E-state index in [2.05, 4.69) is 10.1 Å². The summed E-state index contributed by atoms with van der Waals surface area (Å²) in [6.07, 6.45) is 0. The van der Waals surface area contributed by atoms with Gasteiger partial charge in [0.25, 0.3) is 5.91 Å². The van der Waals surface area contributed by atoms with Crippen LogP contribution in [-0.2, 0) is 0 Å². The van der Waals surface area contributed by atoms with Crippen LogP contribution in [0.1, 0.15) is 15.9 Å². The molecule has 0 aromatic heterocycles. The Morgan fingerprint density at radius 3 is 2.50 bits per heavy atom. The van der Waals surface area contributed by atoms with Gasteiger partial charge in [0, 0.05) is 17.3 Å². The van der Waals surface area contributed by atoms with Crippen LogP contribution in [0, 0.1) is 6.92 Å². The molecule has 22 heavy (non-hydrogen) atoms. The summed E-state index contributed by atoms with van der Waals surface area (Å²) in [5, 5.41) is 2.64. The van der Waals surface area contributed by atoms with Crippen molar-refractivity contribution in [3.05, 3.63) is 53.6 Å². The third-order valence-corrected chi connectivity index (χ3v) is 3.03. The lowest BCUT2D eigenvalue weighted by molar-refractivity contribution is -0.0511. The molecule has 4 nitrogen and oxygen atoms in total. The number of rotatable bonds is 5. The van der Waals surface area contributed by atoms with E-state index in [1.165, 1.54) is 19.2 Å². The van der Waals surface area contributed by atoms with Crippen LogP contribution in [0.15, 0.2) is 42.5 Å². The van der Waals surface area contributed by atoms with E-state index < -0.39 is 6.61 Å². The van der Waals surface area contributed by atoms with Crippen molar-refractivity contribution in [3.8, 4) is 11.5 Å². The van der Waals surface area contributed by atoms with Crippen LogP contribution in [0.2, 0.25) is 0 Å². The van der Waals surface area contributed by atoms with Crippen LogP contribution < -0.4 is 14.8 Å². The summed E-state index contributed by atoms with van der Waals surface area (Å²) in [6, 6.07) is 11.4. The van der Waals surface area contributed by atoms with Gasteiger partial charge in [-0.1, -0.05) is 18.2 Å². The maximum Gasteiger partial charge on any atom is 0.387 e. The molecule has 0 atom stereocenters. The number of carbonyl (C=O) groups is 1. The number of aryl methyl sites for hydroxylation is 1. The summed E-state index contributed by atoms with van der Waals surface area (Å²) in [5.41, 5.74) is 1.66. The smallest absolute Gasteiger partial charge is 0.387 e. The SMILES string of the molecule is COc1ccc(NC(=O)c2ccccc2C)cc1OC(F)F. The van der Waals surface area contributed by atoms with Gasteiger partial charge in [-0.3, -0.25) is 4.79 Å². The topological polar surface area (TPSA) is 47.6 Å². The Morgan fingerprint density at radius 2 is 1.86 bits per heavy atom. The van der Waals surface area contributed by atoms with E-state index in [0.717, 1.165) is 5.56 Å². The number of nitrogens with one attached hydrogen (secondary N) is 1. The number of hydrogen-bond acceptors (Lipinski definition) is 3. The Labute approximate surface area is 126 Å².